The number of esters is 1. The topological polar surface area (TPSA) is 44.8 Å². The number of carbonyl (C=O) groups excluding carboxylic acids is 1. The Balaban J connectivity index is 2.59. The molecular formula is C25H42O4Si. The maximum absolute atomic E-state index is 11.9. The molecule has 0 radical (unpaired) electrons. The SMILES string of the molecule is CCOC(=O)CCC1(C)Cc2c(cc(C(C)(C)C)c(O[Si](C)(C)C)c2C(C)(C)C)O1. The lowest BCUT2D eigenvalue weighted by Gasteiger charge is -2.34. The average Bonchev–Trinajstić information content (AvgIpc) is 2.85. The van der Waals surface area contributed by atoms with E-state index in [0.717, 1.165) is 17.9 Å². The molecule has 1 atom stereocenters. The second kappa shape index (κ2) is 8.21. The highest BCUT2D eigenvalue weighted by Gasteiger charge is 2.42. The number of hydrogen-bond donors (Lipinski definition) is 0. The van der Waals surface area contributed by atoms with Crippen LogP contribution in [0.1, 0.15) is 84.9 Å². The van der Waals surface area contributed by atoms with E-state index in [2.05, 4.69) is 74.2 Å². The maximum Gasteiger partial charge on any atom is 0.305 e. The summed E-state index contributed by atoms with van der Waals surface area (Å²) in [6.45, 7) is 24.5. The number of rotatable bonds is 6. The highest BCUT2D eigenvalue weighted by Crippen LogP contribution is 2.51. The summed E-state index contributed by atoms with van der Waals surface area (Å²) in [5, 5.41) is 0. The van der Waals surface area contributed by atoms with Crippen molar-refractivity contribution in [3.8, 4) is 11.5 Å². The Morgan fingerprint density at radius 2 is 1.73 bits per heavy atom. The van der Waals surface area contributed by atoms with Crippen LogP contribution < -0.4 is 9.16 Å². The zero-order valence-corrected chi connectivity index (χ0v) is 22.0. The van der Waals surface area contributed by atoms with Crippen LogP contribution in [0.25, 0.3) is 0 Å². The minimum atomic E-state index is -1.83. The summed E-state index contributed by atoms with van der Waals surface area (Å²) in [5.41, 5.74) is 3.11. The molecule has 0 saturated heterocycles. The van der Waals surface area contributed by atoms with E-state index in [9.17, 15) is 4.79 Å². The van der Waals surface area contributed by atoms with Crippen molar-refractivity contribution in [1.29, 1.82) is 0 Å². The summed E-state index contributed by atoms with van der Waals surface area (Å²) < 4.78 is 18.4. The van der Waals surface area contributed by atoms with Gasteiger partial charge in [0.1, 0.15) is 17.1 Å². The molecule has 1 aliphatic heterocycles. The molecule has 0 amide bonds. The monoisotopic (exact) mass is 434 g/mol. The minimum Gasteiger partial charge on any atom is -0.544 e. The van der Waals surface area contributed by atoms with Crippen molar-refractivity contribution in [1.82, 2.24) is 0 Å². The molecule has 0 bridgehead atoms. The van der Waals surface area contributed by atoms with E-state index in [1.807, 2.05) is 6.92 Å². The van der Waals surface area contributed by atoms with Crippen LogP contribution >= 0.6 is 0 Å². The fraction of sp³-hybridized carbons (Fsp3) is 0.720. The molecule has 4 nitrogen and oxygen atoms in total. The van der Waals surface area contributed by atoms with E-state index in [4.69, 9.17) is 13.9 Å². The molecule has 1 heterocycles. The van der Waals surface area contributed by atoms with E-state index in [1.165, 1.54) is 16.7 Å². The average molecular weight is 435 g/mol. The highest BCUT2D eigenvalue weighted by atomic mass is 28.4. The van der Waals surface area contributed by atoms with Gasteiger partial charge in [-0.1, -0.05) is 41.5 Å². The molecule has 170 valence electrons. The van der Waals surface area contributed by atoms with Crippen molar-refractivity contribution in [3.05, 3.63) is 22.8 Å². The van der Waals surface area contributed by atoms with Gasteiger partial charge in [-0.2, -0.15) is 0 Å². The van der Waals surface area contributed by atoms with E-state index < -0.39 is 13.9 Å². The standard InChI is InChI=1S/C25H42O4Si/c1-12-27-20(26)13-14-25(8)16-17-19(28-25)15-18(23(2,3)4)22(29-30(9,10)11)21(17)24(5,6)7/h15H,12-14,16H2,1-11H3. The van der Waals surface area contributed by atoms with Crippen molar-refractivity contribution in [2.45, 2.75) is 111 Å². The molecular weight excluding hydrogens is 392 g/mol. The van der Waals surface area contributed by atoms with Crippen molar-refractivity contribution < 1.29 is 18.7 Å². The number of fused-ring (bicyclic) bond motifs is 1. The summed E-state index contributed by atoms with van der Waals surface area (Å²) in [6, 6.07) is 2.19. The van der Waals surface area contributed by atoms with E-state index in [0.29, 0.717) is 19.4 Å². The van der Waals surface area contributed by atoms with Gasteiger partial charge in [0.2, 0.25) is 8.32 Å². The van der Waals surface area contributed by atoms with E-state index in [-0.39, 0.29) is 16.8 Å². The third kappa shape index (κ3) is 5.80. The second-order valence-corrected chi connectivity index (χ2v) is 16.3. The van der Waals surface area contributed by atoms with Crippen LogP contribution in [-0.4, -0.2) is 26.5 Å². The first-order chi connectivity index (χ1) is 13.5. The van der Waals surface area contributed by atoms with Crippen LogP contribution in [-0.2, 0) is 26.8 Å². The number of ether oxygens (including phenoxy) is 2. The van der Waals surface area contributed by atoms with Crippen LogP contribution in [0.2, 0.25) is 19.6 Å². The van der Waals surface area contributed by atoms with Gasteiger partial charge in [-0.3, -0.25) is 4.79 Å². The molecule has 1 aromatic carbocycles. The number of carbonyl (C=O) groups is 1. The van der Waals surface area contributed by atoms with Crippen LogP contribution in [0.15, 0.2) is 6.07 Å². The maximum atomic E-state index is 11.9. The molecule has 1 aromatic rings. The van der Waals surface area contributed by atoms with Crippen molar-refractivity contribution in [2.24, 2.45) is 0 Å². The van der Waals surface area contributed by atoms with Crippen molar-refractivity contribution >= 4 is 14.3 Å². The molecule has 1 aliphatic rings. The fourth-order valence-electron chi connectivity index (χ4n) is 4.12. The zero-order valence-electron chi connectivity index (χ0n) is 21.0. The first-order valence-electron chi connectivity index (χ1n) is 11.2. The van der Waals surface area contributed by atoms with Gasteiger partial charge < -0.3 is 13.9 Å². The molecule has 5 heteroatoms. The third-order valence-corrected chi connectivity index (χ3v) is 6.20. The van der Waals surface area contributed by atoms with Gasteiger partial charge in [0.25, 0.3) is 0 Å². The van der Waals surface area contributed by atoms with Gasteiger partial charge in [-0.25, -0.2) is 0 Å². The third-order valence-electron chi connectivity index (χ3n) is 5.38. The molecule has 30 heavy (non-hydrogen) atoms. The first kappa shape index (κ1) is 24.8. The largest absolute Gasteiger partial charge is 0.544 e. The van der Waals surface area contributed by atoms with Crippen LogP contribution in [0, 0.1) is 0 Å². The quantitative estimate of drug-likeness (QED) is 0.377. The Labute approximate surface area is 184 Å². The molecule has 0 saturated carbocycles. The van der Waals surface area contributed by atoms with Gasteiger partial charge in [0, 0.05) is 29.5 Å². The summed E-state index contributed by atoms with van der Waals surface area (Å²) in [6.07, 6.45) is 1.79. The van der Waals surface area contributed by atoms with E-state index >= 15 is 0 Å². The Morgan fingerprint density at radius 1 is 1.13 bits per heavy atom. The lowest BCUT2D eigenvalue weighted by atomic mass is 9.76. The Morgan fingerprint density at radius 3 is 2.20 bits per heavy atom. The van der Waals surface area contributed by atoms with Crippen molar-refractivity contribution in [3.63, 3.8) is 0 Å². The lowest BCUT2D eigenvalue weighted by molar-refractivity contribution is -0.144. The van der Waals surface area contributed by atoms with Gasteiger partial charge in [0.05, 0.1) is 6.61 Å². The molecule has 0 N–H and O–H groups in total. The molecule has 0 aromatic heterocycles. The van der Waals surface area contributed by atoms with Crippen molar-refractivity contribution in [2.75, 3.05) is 6.61 Å². The Kier molecular flexibility index (Phi) is 6.78. The van der Waals surface area contributed by atoms with Crippen LogP contribution in [0.4, 0.5) is 0 Å². The van der Waals surface area contributed by atoms with E-state index in [1.54, 1.807) is 0 Å². The minimum absolute atomic E-state index is 0.0721. The molecule has 0 fully saturated rings. The summed E-state index contributed by atoms with van der Waals surface area (Å²) in [7, 11) is -1.83. The summed E-state index contributed by atoms with van der Waals surface area (Å²) >= 11 is 0. The number of hydrogen-bond acceptors (Lipinski definition) is 4. The smallest absolute Gasteiger partial charge is 0.305 e. The molecule has 0 aliphatic carbocycles. The van der Waals surface area contributed by atoms with Gasteiger partial charge in [-0.15, -0.1) is 0 Å². The summed E-state index contributed by atoms with van der Waals surface area (Å²) in [4.78, 5) is 11.9. The molecule has 0 spiro atoms. The predicted molar refractivity (Wildman–Crippen MR) is 126 cm³/mol. The summed E-state index contributed by atoms with van der Waals surface area (Å²) in [5.74, 6) is 1.83. The zero-order chi connectivity index (χ0) is 23.1. The Hall–Kier alpha value is -1.49. The Bertz CT molecular complexity index is 793. The van der Waals surface area contributed by atoms with Gasteiger partial charge in [0.15, 0.2) is 0 Å². The fourth-order valence-corrected chi connectivity index (χ4v) is 4.95. The lowest BCUT2D eigenvalue weighted by Crippen LogP contribution is -2.33. The predicted octanol–water partition coefficient (Wildman–Crippen LogP) is 6.53. The van der Waals surface area contributed by atoms with Crippen LogP contribution in [0.3, 0.4) is 0 Å². The highest BCUT2D eigenvalue weighted by molar-refractivity contribution is 6.70. The van der Waals surface area contributed by atoms with Gasteiger partial charge >= 0.3 is 5.97 Å². The van der Waals surface area contributed by atoms with Crippen LogP contribution in [0.5, 0.6) is 11.5 Å². The molecule has 1 unspecified atom stereocenters. The number of benzene rings is 1. The normalized spacial score (nSPS) is 19.3. The first-order valence-corrected chi connectivity index (χ1v) is 14.6. The second-order valence-electron chi connectivity index (χ2n) is 11.9. The van der Waals surface area contributed by atoms with Gasteiger partial charge in [-0.05, 0) is 56.8 Å². The molecule has 2 rings (SSSR count).